The van der Waals surface area contributed by atoms with E-state index in [0.29, 0.717) is 0 Å². The largest absolute Gasteiger partial charge is 0.310 e. The normalized spacial score (nSPS) is 11.3. The van der Waals surface area contributed by atoms with Crippen LogP contribution in [0.2, 0.25) is 0 Å². The van der Waals surface area contributed by atoms with E-state index in [2.05, 4.69) is 252 Å². The summed E-state index contributed by atoms with van der Waals surface area (Å²) in [5, 5.41) is 4.93. The van der Waals surface area contributed by atoms with Gasteiger partial charge in [0, 0.05) is 33.4 Å². The fourth-order valence-electron chi connectivity index (χ4n) is 9.02. The Morgan fingerprint density at radius 3 is 1.60 bits per heavy atom. The van der Waals surface area contributed by atoms with Crippen LogP contribution >= 0.6 is 0 Å². The number of para-hydroxylation sites is 2. The molecule has 282 valence electrons. The maximum atomic E-state index is 2.45. The van der Waals surface area contributed by atoms with E-state index in [-0.39, 0.29) is 0 Å². The summed E-state index contributed by atoms with van der Waals surface area (Å²) in [6, 6.07) is 88.0. The van der Waals surface area contributed by atoms with E-state index in [1.165, 1.54) is 54.9 Å². The molecule has 1 heterocycles. The first kappa shape index (κ1) is 35.2. The Labute approximate surface area is 350 Å². The zero-order valence-electron chi connectivity index (χ0n) is 33.0. The molecule has 0 saturated carbocycles. The van der Waals surface area contributed by atoms with Gasteiger partial charge in [-0.25, -0.2) is 0 Å². The first-order chi connectivity index (χ1) is 29.8. The molecule has 0 radical (unpaired) electrons. The molecule has 0 bridgehead atoms. The highest BCUT2D eigenvalue weighted by Crippen LogP contribution is 2.46. The van der Waals surface area contributed by atoms with Gasteiger partial charge in [0.25, 0.3) is 0 Å². The molecule has 0 atom stereocenters. The second-order valence-corrected chi connectivity index (χ2v) is 15.3. The topological polar surface area (TPSA) is 8.17 Å². The molecule has 2 nitrogen and oxygen atoms in total. The van der Waals surface area contributed by atoms with Crippen molar-refractivity contribution in [3.8, 4) is 50.2 Å². The van der Waals surface area contributed by atoms with Gasteiger partial charge in [-0.3, -0.25) is 0 Å². The van der Waals surface area contributed by atoms with Crippen molar-refractivity contribution in [1.82, 2.24) is 4.57 Å². The van der Waals surface area contributed by atoms with Crippen molar-refractivity contribution in [2.75, 3.05) is 4.90 Å². The Hall–Kier alpha value is -7.94. The number of hydrogen-bond donors (Lipinski definition) is 0. The SMILES string of the molecule is c1ccc(-c2ccccc2-c2cccc(N(c3ccc4c5ccccc5n(-c5ccccc5)c4c3)c3ccc(-c4cccc5ccccc45)cc3-c3ccccc3)c2)cc1. The van der Waals surface area contributed by atoms with Gasteiger partial charge < -0.3 is 9.47 Å². The maximum absolute atomic E-state index is 2.45. The number of rotatable bonds is 8. The van der Waals surface area contributed by atoms with Gasteiger partial charge in [0.2, 0.25) is 0 Å². The maximum Gasteiger partial charge on any atom is 0.0561 e. The van der Waals surface area contributed by atoms with Gasteiger partial charge in [0.1, 0.15) is 0 Å². The molecule has 1 aromatic heterocycles. The Balaban J connectivity index is 1.18. The van der Waals surface area contributed by atoms with Gasteiger partial charge in [-0.05, 0) is 104 Å². The van der Waals surface area contributed by atoms with Crippen molar-refractivity contribution in [1.29, 1.82) is 0 Å². The molecule has 0 saturated heterocycles. The molecule has 0 N–H and O–H groups in total. The number of aromatic nitrogens is 1. The molecule has 0 spiro atoms. The van der Waals surface area contributed by atoms with Gasteiger partial charge in [-0.1, -0.05) is 188 Å². The van der Waals surface area contributed by atoms with E-state index in [1.54, 1.807) is 0 Å². The molecule has 0 amide bonds. The highest BCUT2D eigenvalue weighted by Gasteiger charge is 2.22. The van der Waals surface area contributed by atoms with Crippen LogP contribution in [0.25, 0.3) is 82.8 Å². The molecule has 0 aliphatic carbocycles. The van der Waals surface area contributed by atoms with Gasteiger partial charge in [-0.2, -0.15) is 0 Å². The average molecular weight is 765 g/mol. The quantitative estimate of drug-likeness (QED) is 0.150. The Morgan fingerprint density at radius 2 is 0.817 bits per heavy atom. The van der Waals surface area contributed by atoms with Crippen LogP contribution in [-0.2, 0) is 0 Å². The molecule has 2 heteroatoms. The summed E-state index contributed by atoms with van der Waals surface area (Å²) >= 11 is 0. The van der Waals surface area contributed by atoms with Crippen LogP contribution in [0.1, 0.15) is 0 Å². The van der Waals surface area contributed by atoms with Crippen LogP contribution < -0.4 is 4.90 Å². The monoisotopic (exact) mass is 764 g/mol. The van der Waals surface area contributed by atoms with Gasteiger partial charge in [0.15, 0.2) is 0 Å². The second kappa shape index (κ2) is 15.1. The molecule has 0 aliphatic heterocycles. The number of benzene rings is 10. The zero-order valence-corrected chi connectivity index (χ0v) is 33.0. The molecule has 11 rings (SSSR count). The fourth-order valence-corrected chi connectivity index (χ4v) is 9.02. The lowest BCUT2D eigenvalue weighted by Gasteiger charge is -2.29. The van der Waals surface area contributed by atoms with Crippen molar-refractivity contribution in [3.05, 3.63) is 243 Å². The van der Waals surface area contributed by atoms with Crippen molar-refractivity contribution in [3.63, 3.8) is 0 Å². The first-order valence-corrected chi connectivity index (χ1v) is 20.6. The van der Waals surface area contributed by atoms with Crippen LogP contribution in [0, 0.1) is 0 Å². The first-order valence-electron chi connectivity index (χ1n) is 20.6. The third-order valence-corrected chi connectivity index (χ3v) is 11.8. The third kappa shape index (κ3) is 6.23. The molecule has 11 aromatic rings. The van der Waals surface area contributed by atoms with Gasteiger partial charge >= 0.3 is 0 Å². The predicted molar refractivity (Wildman–Crippen MR) is 255 cm³/mol. The summed E-state index contributed by atoms with van der Waals surface area (Å²) in [6.07, 6.45) is 0. The molecule has 10 aromatic carbocycles. The molecule has 0 fully saturated rings. The lowest BCUT2D eigenvalue weighted by molar-refractivity contribution is 1.18. The van der Waals surface area contributed by atoms with Gasteiger partial charge in [-0.15, -0.1) is 0 Å². The number of nitrogens with zero attached hydrogens (tertiary/aromatic N) is 2. The summed E-state index contributed by atoms with van der Waals surface area (Å²) < 4.78 is 2.40. The van der Waals surface area contributed by atoms with Crippen LogP contribution in [-0.4, -0.2) is 4.57 Å². The van der Waals surface area contributed by atoms with E-state index >= 15 is 0 Å². The van der Waals surface area contributed by atoms with E-state index < -0.39 is 0 Å². The Morgan fingerprint density at radius 1 is 0.283 bits per heavy atom. The minimum absolute atomic E-state index is 1.08. The van der Waals surface area contributed by atoms with E-state index in [1.807, 2.05) is 0 Å². The zero-order chi connectivity index (χ0) is 39.8. The number of hydrogen-bond acceptors (Lipinski definition) is 1. The summed E-state index contributed by atoms with van der Waals surface area (Å²) in [6.45, 7) is 0. The second-order valence-electron chi connectivity index (χ2n) is 15.3. The Kier molecular flexibility index (Phi) is 8.87. The predicted octanol–water partition coefficient (Wildman–Crippen LogP) is 16.1. The molecule has 0 unspecified atom stereocenters. The van der Waals surface area contributed by atoms with Crippen LogP contribution in [0.5, 0.6) is 0 Å². The van der Waals surface area contributed by atoms with E-state index in [0.717, 1.165) is 45.0 Å². The van der Waals surface area contributed by atoms with Crippen LogP contribution in [0.4, 0.5) is 17.1 Å². The summed E-state index contributed by atoms with van der Waals surface area (Å²) in [5.41, 5.74) is 16.2. The smallest absolute Gasteiger partial charge is 0.0561 e. The van der Waals surface area contributed by atoms with E-state index in [9.17, 15) is 0 Å². The van der Waals surface area contributed by atoms with Crippen molar-refractivity contribution < 1.29 is 0 Å². The highest BCUT2D eigenvalue weighted by atomic mass is 15.1. The Bertz CT molecular complexity index is 3300. The van der Waals surface area contributed by atoms with Crippen LogP contribution in [0.15, 0.2) is 243 Å². The van der Waals surface area contributed by atoms with E-state index in [4.69, 9.17) is 0 Å². The van der Waals surface area contributed by atoms with Crippen molar-refractivity contribution in [2.45, 2.75) is 0 Å². The van der Waals surface area contributed by atoms with Crippen LogP contribution in [0.3, 0.4) is 0 Å². The summed E-state index contributed by atoms with van der Waals surface area (Å²) in [7, 11) is 0. The number of fused-ring (bicyclic) bond motifs is 4. The molecular weight excluding hydrogens is 725 g/mol. The molecular formula is C58H40N2. The summed E-state index contributed by atoms with van der Waals surface area (Å²) in [5.74, 6) is 0. The third-order valence-electron chi connectivity index (χ3n) is 11.8. The van der Waals surface area contributed by atoms with Crippen molar-refractivity contribution >= 4 is 49.6 Å². The molecule has 0 aliphatic rings. The standard InChI is InChI=1S/C58H40N2/c1-4-18-41(19-5-1)49-29-12-13-30-51(49)44-24-16-27-47(38-44)59(48-35-36-54-53-31-14-15-33-56(53)60(58(54)40-48)46-25-8-3-9-26-46)57-37-34-45(39-55(57)43-20-6-2-7-21-43)52-32-17-23-42-22-10-11-28-50(42)52/h1-40H. The minimum Gasteiger partial charge on any atom is -0.310 e. The summed E-state index contributed by atoms with van der Waals surface area (Å²) in [4.78, 5) is 2.45. The lowest BCUT2D eigenvalue weighted by atomic mass is 9.93. The minimum atomic E-state index is 1.08. The average Bonchev–Trinajstić information content (AvgIpc) is 3.66. The fraction of sp³-hybridized carbons (Fsp3) is 0. The molecule has 60 heavy (non-hydrogen) atoms. The van der Waals surface area contributed by atoms with Crippen molar-refractivity contribution in [2.24, 2.45) is 0 Å². The lowest BCUT2D eigenvalue weighted by Crippen LogP contribution is -2.12. The highest BCUT2D eigenvalue weighted by molar-refractivity contribution is 6.11. The number of anilines is 3. The van der Waals surface area contributed by atoms with Gasteiger partial charge in [0.05, 0.1) is 16.7 Å².